The Kier molecular flexibility index (Phi) is 4.49. The molecule has 0 saturated carbocycles. The summed E-state index contributed by atoms with van der Waals surface area (Å²) in [6.45, 7) is 6.99. The summed E-state index contributed by atoms with van der Waals surface area (Å²) in [5.41, 5.74) is 1.04. The van der Waals surface area contributed by atoms with E-state index >= 15 is 0 Å². The van der Waals surface area contributed by atoms with Crippen LogP contribution in [0.4, 0.5) is 0 Å². The number of carbonyl (C=O) groups excluding carboxylic acids is 1. The zero-order chi connectivity index (χ0) is 14.5. The van der Waals surface area contributed by atoms with Crippen molar-refractivity contribution < 1.29 is 4.79 Å². The summed E-state index contributed by atoms with van der Waals surface area (Å²) in [5.74, 6) is 0.684. The molecule has 1 unspecified atom stereocenters. The summed E-state index contributed by atoms with van der Waals surface area (Å²) in [7, 11) is 0. The molecule has 1 atom stereocenters. The van der Waals surface area contributed by atoms with Crippen molar-refractivity contribution in [1.82, 2.24) is 29.9 Å². The Hall–Kier alpha value is -2.18. The smallest absolute Gasteiger partial charge is 0.242 e. The van der Waals surface area contributed by atoms with Crippen molar-refractivity contribution in [2.45, 2.75) is 46.3 Å². The molecule has 1 amide bonds. The van der Waals surface area contributed by atoms with Crippen LogP contribution >= 0.6 is 0 Å². The molecule has 108 valence electrons. The van der Waals surface area contributed by atoms with Crippen LogP contribution in [0.3, 0.4) is 0 Å². The van der Waals surface area contributed by atoms with Crippen molar-refractivity contribution in [3.05, 3.63) is 30.1 Å². The minimum atomic E-state index is -0.173. The highest BCUT2D eigenvalue weighted by molar-refractivity contribution is 5.76. The standard InChI is InChI=1S/C13H20N6O/c1-4-5-18-9-14-17-13(18)11(3)16-12(20)8-19-7-10(2)6-15-19/h6-7,9,11H,4-5,8H2,1-3H3,(H,16,20). The minimum absolute atomic E-state index is 0.0911. The summed E-state index contributed by atoms with van der Waals surface area (Å²) in [4.78, 5) is 12.0. The van der Waals surface area contributed by atoms with Gasteiger partial charge in [-0.1, -0.05) is 6.92 Å². The quantitative estimate of drug-likeness (QED) is 0.856. The number of amides is 1. The van der Waals surface area contributed by atoms with Gasteiger partial charge in [0.05, 0.1) is 12.2 Å². The fraction of sp³-hybridized carbons (Fsp3) is 0.538. The van der Waals surface area contributed by atoms with E-state index in [-0.39, 0.29) is 18.5 Å². The summed E-state index contributed by atoms with van der Waals surface area (Å²) in [5, 5.41) is 15.0. The van der Waals surface area contributed by atoms with Crippen LogP contribution in [-0.4, -0.2) is 30.5 Å². The van der Waals surface area contributed by atoms with Gasteiger partial charge < -0.3 is 9.88 Å². The Morgan fingerprint density at radius 3 is 2.95 bits per heavy atom. The van der Waals surface area contributed by atoms with Gasteiger partial charge in [0.15, 0.2) is 5.82 Å². The highest BCUT2D eigenvalue weighted by Crippen LogP contribution is 2.09. The maximum absolute atomic E-state index is 12.0. The van der Waals surface area contributed by atoms with Gasteiger partial charge in [-0.25, -0.2) is 0 Å². The molecule has 0 spiro atoms. The van der Waals surface area contributed by atoms with Crippen LogP contribution in [-0.2, 0) is 17.9 Å². The molecule has 0 aliphatic carbocycles. The predicted octanol–water partition coefficient (Wildman–Crippen LogP) is 1.07. The predicted molar refractivity (Wildman–Crippen MR) is 73.8 cm³/mol. The van der Waals surface area contributed by atoms with E-state index in [1.165, 1.54) is 0 Å². The average Bonchev–Trinajstić information content (AvgIpc) is 2.99. The van der Waals surface area contributed by atoms with Gasteiger partial charge in [0, 0.05) is 12.7 Å². The lowest BCUT2D eigenvalue weighted by Gasteiger charge is -2.14. The molecule has 7 nitrogen and oxygen atoms in total. The van der Waals surface area contributed by atoms with Crippen molar-refractivity contribution in [3.8, 4) is 0 Å². The average molecular weight is 276 g/mol. The van der Waals surface area contributed by atoms with Crippen molar-refractivity contribution in [3.63, 3.8) is 0 Å². The second-order valence-electron chi connectivity index (χ2n) is 4.89. The topological polar surface area (TPSA) is 77.6 Å². The summed E-state index contributed by atoms with van der Waals surface area (Å²) in [6, 6.07) is -0.173. The van der Waals surface area contributed by atoms with Crippen LogP contribution in [0, 0.1) is 6.92 Å². The fourth-order valence-corrected chi connectivity index (χ4v) is 2.06. The number of aryl methyl sites for hydroxylation is 2. The van der Waals surface area contributed by atoms with Gasteiger partial charge in [-0.15, -0.1) is 10.2 Å². The molecule has 20 heavy (non-hydrogen) atoms. The molecule has 0 aliphatic rings. The van der Waals surface area contributed by atoms with Gasteiger partial charge in [-0.3, -0.25) is 9.48 Å². The zero-order valence-electron chi connectivity index (χ0n) is 12.1. The molecular weight excluding hydrogens is 256 g/mol. The molecule has 0 radical (unpaired) electrons. The molecule has 0 saturated heterocycles. The largest absolute Gasteiger partial charge is 0.345 e. The minimum Gasteiger partial charge on any atom is -0.345 e. The Balaban J connectivity index is 1.94. The van der Waals surface area contributed by atoms with Crippen LogP contribution in [0.25, 0.3) is 0 Å². The lowest BCUT2D eigenvalue weighted by Crippen LogP contribution is -2.31. The number of rotatable bonds is 6. The summed E-state index contributed by atoms with van der Waals surface area (Å²) >= 11 is 0. The molecular formula is C13H20N6O. The van der Waals surface area contributed by atoms with Crippen LogP contribution in [0.2, 0.25) is 0 Å². The maximum Gasteiger partial charge on any atom is 0.242 e. The number of nitrogens with zero attached hydrogens (tertiary/aromatic N) is 5. The molecule has 0 bridgehead atoms. The Labute approximate surface area is 118 Å². The Morgan fingerprint density at radius 1 is 1.50 bits per heavy atom. The number of carbonyl (C=O) groups is 1. The van der Waals surface area contributed by atoms with E-state index in [9.17, 15) is 4.79 Å². The van der Waals surface area contributed by atoms with Crippen LogP contribution in [0.5, 0.6) is 0 Å². The van der Waals surface area contributed by atoms with Gasteiger partial charge in [-0.05, 0) is 25.8 Å². The summed E-state index contributed by atoms with van der Waals surface area (Å²) in [6.07, 6.45) is 6.26. The van der Waals surface area contributed by atoms with E-state index in [0.29, 0.717) is 0 Å². The van der Waals surface area contributed by atoms with Crippen LogP contribution in [0.15, 0.2) is 18.7 Å². The Morgan fingerprint density at radius 2 is 2.30 bits per heavy atom. The van der Waals surface area contributed by atoms with Crippen molar-refractivity contribution in [1.29, 1.82) is 0 Å². The molecule has 2 aromatic rings. The molecule has 2 aromatic heterocycles. The molecule has 7 heteroatoms. The van der Waals surface area contributed by atoms with Crippen LogP contribution in [0.1, 0.15) is 37.7 Å². The second kappa shape index (κ2) is 6.31. The molecule has 0 aliphatic heterocycles. The third-order valence-corrected chi connectivity index (χ3v) is 2.94. The monoisotopic (exact) mass is 276 g/mol. The van der Waals surface area contributed by atoms with E-state index in [4.69, 9.17) is 0 Å². The first-order chi connectivity index (χ1) is 9.60. The molecule has 0 fully saturated rings. The number of aromatic nitrogens is 5. The van der Waals surface area contributed by atoms with Crippen molar-refractivity contribution in [2.75, 3.05) is 0 Å². The van der Waals surface area contributed by atoms with Gasteiger partial charge in [-0.2, -0.15) is 5.10 Å². The lowest BCUT2D eigenvalue weighted by atomic mass is 10.3. The van der Waals surface area contributed by atoms with Gasteiger partial charge >= 0.3 is 0 Å². The van der Waals surface area contributed by atoms with Crippen molar-refractivity contribution >= 4 is 5.91 Å². The maximum atomic E-state index is 12.0. The lowest BCUT2D eigenvalue weighted by molar-refractivity contribution is -0.122. The normalized spacial score (nSPS) is 12.3. The highest BCUT2D eigenvalue weighted by Gasteiger charge is 2.15. The van der Waals surface area contributed by atoms with E-state index < -0.39 is 0 Å². The molecule has 1 N–H and O–H groups in total. The number of nitrogens with one attached hydrogen (secondary N) is 1. The van der Waals surface area contributed by atoms with Gasteiger partial charge in [0.2, 0.25) is 5.91 Å². The molecule has 2 heterocycles. The summed E-state index contributed by atoms with van der Waals surface area (Å²) < 4.78 is 3.58. The number of hydrogen-bond donors (Lipinski definition) is 1. The fourth-order valence-electron chi connectivity index (χ4n) is 2.06. The zero-order valence-corrected chi connectivity index (χ0v) is 12.1. The first-order valence-corrected chi connectivity index (χ1v) is 6.76. The van der Waals surface area contributed by atoms with Crippen molar-refractivity contribution in [2.24, 2.45) is 0 Å². The van der Waals surface area contributed by atoms with E-state index in [1.807, 2.05) is 24.6 Å². The third-order valence-electron chi connectivity index (χ3n) is 2.94. The highest BCUT2D eigenvalue weighted by atomic mass is 16.2. The molecule has 2 rings (SSSR count). The first kappa shape index (κ1) is 14.2. The van der Waals surface area contributed by atoms with E-state index in [2.05, 4.69) is 27.5 Å². The van der Waals surface area contributed by atoms with E-state index in [0.717, 1.165) is 24.4 Å². The van der Waals surface area contributed by atoms with Gasteiger partial charge in [0.25, 0.3) is 0 Å². The van der Waals surface area contributed by atoms with Gasteiger partial charge in [0.1, 0.15) is 12.9 Å². The van der Waals surface area contributed by atoms with Crippen LogP contribution < -0.4 is 5.32 Å². The SMILES string of the molecule is CCCn1cnnc1C(C)NC(=O)Cn1cc(C)cn1. The third kappa shape index (κ3) is 3.43. The van der Waals surface area contributed by atoms with E-state index in [1.54, 1.807) is 17.2 Å². The molecule has 0 aromatic carbocycles. The first-order valence-electron chi connectivity index (χ1n) is 6.76. The second-order valence-corrected chi connectivity index (χ2v) is 4.89. The Bertz CT molecular complexity index is 573. The number of hydrogen-bond acceptors (Lipinski definition) is 4.